The Morgan fingerprint density at radius 1 is 0.857 bits per heavy atom. The van der Waals surface area contributed by atoms with E-state index in [1.807, 2.05) is 24.3 Å². The molecule has 148 valence electrons. The number of benzene rings is 1. The summed E-state index contributed by atoms with van der Waals surface area (Å²) in [7, 11) is 0. The second-order valence-corrected chi connectivity index (χ2v) is 7.98. The monoisotopic (exact) mass is 383 g/mol. The number of imide groups is 1. The highest BCUT2D eigenvalue weighted by Crippen LogP contribution is 2.35. The summed E-state index contributed by atoms with van der Waals surface area (Å²) in [5.74, 6) is 1.39. The Bertz CT molecular complexity index is 790. The number of nitrogens with zero attached hydrogens (tertiary/aromatic N) is 3. The third-order valence-corrected chi connectivity index (χ3v) is 6.25. The van der Waals surface area contributed by atoms with E-state index in [0.717, 1.165) is 44.2 Å². The molecule has 4 aliphatic rings. The summed E-state index contributed by atoms with van der Waals surface area (Å²) in [5, 5.41) is 0. The van der Waals surface area contributed by atoms with Crippen molar-refractivity contribution in [3.05, 3.63) is 35.9 Å². The van der Waals surface area contributed by atoms with Gasteiger partial charge in [-0.05, 0) is 30.5 Å². The molecule has 0 N–H and O–H groups in total. The fourth-order valence-corrected chi connectivity index (χ4v) is 4.59. The van der Waals surface area contributed by atoms with Crippen molar-refractivity contribution in [2.45, 2.75) is 19.4 Å². The van der Waals surface area contributed by atoms with E-state index in [-0.39, 0.29) is 23.7 Å². The predicted octanol–water partition coefficient (Wildman–Crippen LogP) is 1.44. The first kappa shape index (κ1) is 17.7. The number of piperazine rings is 1. The molecule has 1 aliphatic carbocycles. The van der Waals surface area contributed by atoms with E-state index in [1.165, 1.54) is 10.5 Å². The highest BCUT2D eigenvalue weighted by molar-refractivity contribution is 6.05. The van der Waals surface area contributed by atoms with Crippen molar-refractivity contribution in [2.75, 3.05) is 39.6 Å². The average molecular weight is 383 g/mol. The molecule has 7 heteroatoms. The van der Waals surface area contributed by atoms with Crippen molar-refractivity contribution in [2.24, 2.45) is 11.8 Å². The van der Waals surface area contributed by atoms with E-state index in [9.17, 15) is 9.59 Å². The van der Waals surface area contributed by atoms with Gasteiger partial charge in [-0.3, -0.25) is 24.3 Å². The van der Waals surface area contributed by atoms with Crippen LogP contribution in [0.25, 0.3) is 0 Å². The van der Waals surface area contributed by atoms with E-state index in [4.69, 9.17) is 9.47 Å². The molecule has 0 unspecified atom stereocenters. The standard InChI is InChI=1S/C21H25N3O4/c25-20-16-3-1-2-4-17(16)21(26)24(20)13-23-9-7-22(8-10-23)12-15-5-6-18-19(11-15)28-14-27-18/h1-2,5-6,11,16-17H,3-4,7-10,12-14H2/t16-,17+. The third-order valence-electron chi connectivity index (χ3n) is 6.25. The van der Waals surface area contributed by atoms with Gasteiger partial charge in [0.25, 0.3) is 0 Å². The summed E-state index contributed by atoms with van der Waals surface area (Å²) in [6.45, 7) is 5.14. The van der Waals surface area contributed by atoms with E-state index >= 15 is 0 Å². The van der Waals surface area contributed by atoms with Crippen LogP contribution in [-0.4, -0.2) is 66.2 Å². The van der Waals surface area contributed by atoms with Crippen molar-refractivity contribution in [3.63, 3.8) is 0 Å². The second-order valence-electron chi connectivity index (χ2n) is 7.98. The molecule has 0 spiro atoms. The van der Waals surface area contributed by atoms with Gasteiger partial charge in [0.2, 0.25) is 18.6 Å². The molecule has 2 fully saturated rings. The quantitative estimate of drug-likeness (QED) is 0.579. The number of hydrogen-bond acceptors (Lipinski definition) is 6. The van der Waals surface area contributed by atoms with Gasteiger partial charge in [-0.2, -0.15) is 0 Å². The zero-order valence-corrected chi connectivity index (χ0v) is 15.9. The SMILES string of the molecule is O=C1[C@H]2CC=CC[C@H]2C(=O)N1CN1CCN(Cc2ccc3c(c2)OCO3)CC1. The molecule has 2 saturated heterocycles. The molecule has 1 aromatic rings. The van der Waals surface area contributed by atoms with E-state index < -0.39 is 0 Å². The first-order valence-corrected chi connectivity index (χ1v) is 10.0. The van der Waals surface area contributed by atoms with Crippen LogP contribution in [0.3, 0.4) is 0 Å². The molecule has 1 aromatic carbocycles. The minimum absolute atomic E-state index is 0.0159. The number of hydrogen-bond donors (Lipinski definition) is 0. The largest absolute Gasteiger partial charge is 0.454 e. The fourth-order valence-electron chi connectivity index (χ4n) is 4.59. The lowest BCUT2D eigenvalue weighted by Crippen LogP contribution is -2.51. The minimum atomic E-state index is -0.134. The topological polar surface area (TPSA) is 62.3 Å². The van der Waals surface area contributed by atoms with Gasteiger partial charge >= 0.3 is 0 Å². The number of ether oxygens (including phenoxy) is 2. The third kappa shape index (κ3) is 3.18. The molecule has 5 rings (SSSR count). The summed E-state index contributed by atoms with van der Waals surface area (Å²) in [6, 6.07) is 6.09. The molecule has 2 amide bonds. The molecule has 3 heterocycles. The lowest BCUT2D eigenvalue weighted by atomic mass is 9.85. The van der Waals surface area contributed by atoms with Crippen molar-refractivity contribution >= 4 is 11.8 Å². The summed E-state index contributed by atoms with van der Waals surface area (Å²) < 4.78 is 10.8. The number of amides is 2. The van der Waals surface area contributed by atoms with Crippen LogP contribution in [-0.2, 0) is 16.1 Å². The summed E-state index contributed by atoms with van der Waals surface area (Å²) in [6.07, 6.45) is 5.47. The zero-order valence-electron chi connectivity index (χ0n) is 15.9. The number of fused-ring (bicyclic) bond motifs is 2. The maximum absolute atomic E-state index is 12.6. The van der Waals surface area contributed by atoms with Crippen LogP contribution < -0.4 is 9.47 Å². The Morgan fingerprint density at radius 3 is 2.21 bits per heavy atom. The van der Waals surface area contributed by atoms with Gasteiger partial charge in [-0.1, -0.05) is 18.2 Å². The Kier molecular flexibility index (Phi) is 4.56. The van der Waals surface area contributed by atoms with Crippen LogP contribution in [0.1, 0.15) is 18.4 Å². The van der Waals surface area contributed by atoms with Crippen LogP contribution in [0.5, 0.6) is 11.5 Å². The maximum Gasteiger partial charge on any atom is 0.234 e. The highest BCUT2D eigenvalue weighted by atomic mass is 16.7. The van der Waals surface area contributed by atoms with Gasteiger partial charge in [0.15, 0.2) is 11.5 Å². The minimum Gasteiger partial charge on any atom is -0.454 e. The fraction of sp³-hybridized carbons (Fsp3) is 0.524. The van der Waals surface area contributed by atoms with Crippen LogP contribution in [0.4, 0.5) is 0 Å². The Morgan fingerprint density at radius 2 is 1.50 bits per heavy atom. The molecule has 0 bridgehead atoms. The molecule has 28 heavy (non-hydrogen) atoms. The first-order chi connectivity index (χ1) is 13.7. The first-order valence-electron chi connectivity index (χ1n) is 10.0. The lowest BCUT2D eigenvalue weighted by molar-refractivity contribution is -0.142. The molecule has 2 atom stereocenters. The lowest BCUT2D eigenvalue weighted by Gasteiger charge is -2.36. The Labute approximate surface area is 164 Å². The van der Waals surface area contributed by atoms with Gasteiger partial charge in [0.1, 0.15) is 0 Å². The number of carbonyl (C=O) groups excluding carboxylic acids is 2. The predicted molar refractivity (Wildman–Crippen MR) is 101 cm³/mol. The summed E-state index contributed by atoms with van der Waals surface area (Å²) in [5.41, 5.74) is 1.21. The van der Waals surface area contributed by atoms with Gasteiger partial charge in [-0.15, -0.1) is 0 Å². The van der Waals surface area contributed by atoms with E-state index in [0.29, 0.717) is 26.3 Å². The van der Waals surface area contributed by atoms with Gasteiger partial charge in [0, 0.05) is 32.7 Å². The molecular formula is C21H25N3O4. The smallest absolute Gasteiger partial charge is 0.234 e. The van der Waals surface area contributed by atoms with Gasteiger partial charge < -0.3 is 9.47 Å². The summed E-state index contributed by atoms with van der Waals surface area (Å²) >= 11 is 0. The molecule has 0 aromatic heterocycles. The Hall–Kier alpha value is -2.38. The van der Waals surface area contributed by atoms with Crippen molar-refractivity contribution in [1.29, 1.82) is 0 Å². The highest BCUT2D eigenvalue weighted by Gasteiger charge is 2.47. The number of allylic oxidation sites excluding steroid dienone is 2. The molecule has 7 nitrogen and oxygen atoms in total. The van der Waals surface area contributed by atoms with Crippen LogP contribution in [0.2, 0.25) is 0 Å². The maximum atomic E-state index is 12.6. The molecule has 0 radical (unpaired) electrons. The van der Waals surface area contributed by atoms with E-state index in [1.54, 1.807) is 0 Å². The zero-order chi connectivity index (χ0) is 19.1. The summed E-state index contributed by atoms with van der Waals surface area (Å²) in [4.78, 5) is 31.4. The van der Waals surface area contributed by atoms with Crippen molar-refractivity contribution < 1.29 is 19.1 Å². The van der Waals surface area contributed by atoms with Gasteiger partial charge in [-0.25, -0.2) is 0 Å². The number of rotatable bonds is 4. The van der Waals surface area contributed by atoms with Crippen molar-refractivity contribution in [1.82, 2.24) is 14.7 Å². The van der Waals surface area contributed by atoms with Crippen LogP contribution >= 0.6 is 0 Å². The number of likely N-dealkylation sites (tertiary alicyclic amines) is 1. The number of carbonyl (C=O) groups is 2. The van der Waals surface area contributed by atoms with Crippen LogP contribution in [0, 0.1) is 11.8 Å². The molecular weight excluding hydrogens is 358 g/mol. The Balaban J connectivity index is 1.14. The van der Waals surface area contributed by atoms with E-state index in [2.05, 4.69) is 15.9 Å². The normalized spacial score (nSPS) is 27.5. The van der Waals surface area contributed by atoms with Gasteiger partial charge in [0.05, 0.1) is 18.5 Å². The molecule has 0 saturated carbocycles. The molecule has 3 aliphatic heterocycles. The van der Waals surface area contributed by atoms with Crippen molar-refractivity contribution in [3.8, 4) is 11.5 Å². The second kappa shape index (κ2) is 7.22. The van der Waals surface area contributed by atoms with Crippen LogP contribution in [0.15, 0.2) is 30.4 Å². The average Bonchev–Trinajstić information content (AvgIpc) is 3.28.